The maximum absolute atomic E-state index is 9.38. The third-order valence-corrected chi connectivity index (χ3v) is 7.63. The second-order valence-corrected chi connectivity index (χ2v) is 10.5. The van der Waals surface area contributed by atoms with Crippen molar-refractivity contribution in [2.24, 2.45) is 0 Å². The molecule has 0 bridgehead atoms. The number of aryl methyl sites for hydroxylation is 1. The number of rotatable bonds is 6. The Bertz CT molecular complexity index is 350. The van der Waals surface area contributed by atoms with Gasteiger partial charge in [0.05, 0.1) is 14.9 Å². The first-order valence-electron chi connectivity index (χ1n) is 7.18. The van der Waals surface area contributed by atoms with Crippen LogP contribution in [0.15, 0.2) is 24.3 Å². The lowest BCUT2D eigenvalue weighted by atomic mass is 10.1. The van der Waals surface area contributed by atoms with E-state index in [9.17, 15) is 5.11 Å². The smallest absolute Gasteiger partial charge is 0.0758 e. The first kappa shape index (κ1) is 15.5. The maximum atomic E-state index is 9.38. The normalized spacial score (nSPS) is 13.6. The van der Waals surface area contributed by atoms with E-state index in [4.69, 9.17) is 0 Å². The molecule has 1 aromatic carbocycles. The van der Waals surface area contributed by atoms with Crippen molar-refractivity contribution in [2.45, 2.75) is 64.6 Å². The molecule has 0 saturated carbocycles. The number of benzene rings is 1. The van der Waals surface area contributed by atoms with Gasteiger partial charge in [-0.05, 0) is 36.4 Å². The SMILES string of the molecule is CC(O)CCc1cccc([SiH](C(C)C)C(C)C)c1. The van der Waals surface area contributed by atoms with E-state index in [0.717, 1.165) is 23.9 Å². The summed E-state index contributed by atoms with van der Waals surface area (Å²) in [6.07, 6.45) is 1.65. The fraction of sp³-hybridized carbons (Fsp3) is 0.625. The summed E-state index contributed by atoms with van der Waals surface area (Å²) in [6, 6.07) is 9.08. The van der Waals surface area contributed by atoms with Crippen molar-refractivity contribution in [2.75, 3.05) is 0 Å². The molecule has 0 aromatic heterocycles. The Balaban J connectivity index is 2.85. The lowest BCUT2D eigenvalue weighted by molar-refractivity contribution is 0.185. The van der Waals surface area contributed by atoms with Crippen LogP contribution in [0.25, 0.3) is 0 Å². The number of aliphatic hydroxyl groups is 1. The lowest BCUT2D eigenvalue weighted by Gasteiger charge is -2.24. The summed E-state index contributed by atoms with van der Waals surface area (Å²) in [4.78, 5) is 0. The molecule has 1 rings (SSSR count). The molecule has 0 radical (unpaired) electrons. The fourth-order valence-corrected chi connectivity index (χ4v) is 6.69. The van der Waals surface area contributed by atoms with Crippen molar-refractivity contribution >= 4 is 14.0 Å². The quantitative estimate of drug-likeness (QED) is 0.782. The topological polar surface area (TPSA) is 20.2 Å². The van der Waals surface area contributed by atoms with E-state index in [1.807, 2.05) is 6.92 Å². The molecule has 102 valence electrons. The third kappa shape index (κ3) is 4.58. The average molecular weight is 264 g/mol. The van der Waals surface area contributed by atoms with Gasteiger partial charge in [-0.15, -0.1) is 0 Å². The Morgan fingerprint density at radius 1 is 1.06 bits per heavy atom. The molecule has 0 aliphatic carbocycles. The van der Waals surface area contributed by atoms with E-state index in [0.29, 0.717) is 0 Å². The van der Waals surface area contributed by atoms with E-state index >= 15 is 0 Å². The van der Waals surface area contributed by atoms with Gasteiger partial charge in [0.1, 0.15) is 0 Å². The molecule has 0 aliphatic heterocycles. The van der Waals surface area contributed by atoms with Gasteiger partial charge < -0.3 is 5.11 Å². The summed E-state index contributed by atoms with van der Waals surface area (Å²) in [5.74, 6) is 0. The Morgan fingerprint density at radius 2 is 1.67 bits per heavy atom. The minimum atomic E-state index is -0.879. The van der Waals surface area contributed by atoms with Crippen LogP contribution in [0.5, 0.6) is 0 Å². The summed E-state index contributed by atoms with van der Waals surface area (Å²) in [6.45, 7) is 11.3. The molecular weight excluding hydrogens is 236 g/mol. The van der Waals surface area contributed by atoms with E-state index < -0.39 is 8.80 Å². The van der Waals surface area contributed by atoms with Crippen molar-refractivity contribution in [1.82, 2.24) is 0 Å². The highest BCUT2D eigenvalue weighted by Crippen LogP contribution is 2.20. The van der Waals surface area contributed by atoms with Gasteiger partial charge in [0.15, 0.2) is 0 Å². The molecule has 1 nitrogen and oxygen atoms in total. The van der Waals surface area contributed by atoms with E-state index in [1.54, 1.807) is 5.19 Å². The Hall–Kier alpha value is -0.603. The van der Waals surface area contributed by atoms with Crippen molar-refractivity contribution in [3.63, 3.8) is 0 Å². The third-order valence-electron chi connectivity index (χ3n) is 3.62. The molecule has 18 heavy (non-hydrogen) atoms. The summed E-state index contributed by atoms with van der Waals surface area (Å²) >= 11 is 0. The van der Waals surface area contributed by atoms with Crippen LogP contribution in [0.4, 0.5) is 0 Å². The predicted molar refractivity (Wildman–Crippen MR) is 83.4 cm³/mol. The Morgan fingerprint density at radius 3 is 2.17 bits per heavy atom. The molecule has 0 spiro atoms. The van der Waals surface area contributed by atoms with Gasteiger partial charge in [-0.25, -0.2) is 0 Å². The van der Waals surface area contributed by atoms with E-state index in [2.05, 4.69) is 52.0 Å². The Labute approximate surface area is 114 Å². The first-order chi connectivity index (χ1) is 8.41. The van der Waals surface area contributed by atoms with Gasteiger partial charge in [-0.2, -0.15) is 0 Å². The number of aliphatic hydroxyl groups excluding tert-OH is 1. The minimum absolute atomic E-state index is 0.197. The average Bonchev–Trinajstić information content (AvgIpc) is 2.26. The molecule has 0 amide bonds. The van der Waals surface area contributed by atoms with Crippen LogP contribution >= 0.6 is 0 Å². The fourth-order valence-electron chi connectivity index (χ4n) is 2.87. The van der Waals surface area contributed by atoms with Crippen molar-refractivity contribution in [3.05, 3.63) is 29.8 Å². The van der Waals surface area contributed by atoms with Gasteiger partial charge >= 0.3 is 0 Å². The second kappa shape index (κ2) is 7.10. The van der Waals surface area contributed by atoms with Crippen LogP contribution in [0.2, 0.25) is 11.1 Å². The van der Waals surface area contributed by atoms with Gasteiger partial charge in [0, 0.05) is 0 Å². The van der Waals surface area contributed by atoms with Crippen LogP contribution in [-0.2, 0) is 6.42 Å². The molecule has 1 unspecified atom stereocenters. The summed E-state index contributed by atoms with van der Waals surface area (Å²) in [5.41, 5.74) is 2.99. The Kier molecular flexibility index (Phi) is 6.10. The first-order valence-corrected chi connectivity index (χ1v) is 9.09. The second-order valence-electron chi connectivity index (χ2n) is 6.15. The molecule has 1 aromatic rings. The summed E-state index contributed by atoms with van der Waals surface area (Å²) in [7, 11) is -0.879. The zero-order chi connectivity index (χ0) is 13.7. The summed E-state index contributed by atoms with van der Waals surface area (Å²) in [5, 5.41) is 11.0. The zero-order valence-electron chi connectivity index (χ0n) is 12.5. The standard InChI is InChI=1S/C16H28OSi/c1-12(2)18(13(3)4)16-8-6-7-15(11-16)10-9-14(5)17/h6-8,11-14,17-18H,9-10H2,1-5H3. The predicted octanol–water partition coefficient (Wildman–Crippen LogP) is 3.25. The molecule has 0 saturated heterocycles. The molecule has 0 aliphatic rings. The van der Waals surface area contributed by atoms with Crippen LogP contribution in [0.3, 0.4) is 0 Å². The maximum Gasteiger partial charge on any atom is 0.0758 e. The largest absolute Gasteiger partial charge is 0.393 e. The molecule has 1 N–H and O–H groups in total. The van der Waals surface area contributed by atoms with Gasteiger partial charge in [-0.3, -0.25) is 0 Å². The molecule has 1 atom stereocenters. The highest BCUT2D eigenvalue weighted by atomic mass is 28.3. The molecule has 2 heteroatoms. The van der Waals surface area contributed by atoms with Gasteiger partial charge in [0.2, 0.25) is 0 Å². The van der Waals surface area contributed by atoms with Crippen molar-refractivity contribution in [1.29, 1.82) is 0 Å². The van der Waals surface area contributed by atoms with Crippen LogP contribution in [0, 0.1) is 0 Å². The highest BCUT2D eigenvalue weighted by molar-refractivity contribution is 6.75. The van der Waals surface area contributed by atoms with E-state index in [-0.39, 0.29) is 6.10 Å². The number of hydrogen-bond donors (Lipinski definition) is 1. The lowest BCUT2D eigenvalue weighted by Crippen LogP contribution is -2.36. The van der Waals surface area contributed by atoms with Gasteiger partial charge in [0.25, 0.3) is 0 Å². The molecule has 0 heterocycles. The van der Waals surface area contributed by atoms with Crippen LogP contribution < -0.4 is 5.19 Å². The van der Waals surface area contributed by atoms with E-state index in [1.165, 1.54) is 5.56 Å². The molecule has 0 fully saturated rings. The summed E-state index contributed by atoms with van der Waals surface area (Å²) < 4.78 is 0. The minimum Gasteiger partial charge on any atom is -0.393 e. The van der Waals surface area contributed by atoms with Crippen LogP contribution in [-0.4, -0.2) is 20.0 Å². The van der Waals surface area contributed by atoms with Gasteiger partial charge in [-0.1, -0.05) is 57.1 Å². The molecular formula is C16H28OSi. The van der Waals surface area contributed by atoms with Crippen LogP contribution in [0.1, 0.15) is 46.6 Å². The highest BCUT2D eigenvalue weighted by Gasteiger charge is 2.21. The zero-order valence-corrected chi connectivity index (χ0v) is 13.6. The van der Waals surface area contributed by atoms with Crippen molar-refractivity contribution < 1.29 is 5.11 Å². The monoisotopic (exact) mass is 264 g/mol. The number of hydrogen-bond acceptors (Lipinski definition) is 1. The van der Waals surface area contributed by atoms with Crippen molar-refractivity contribution in [3.8, 4) is 0 Å².